The highest BCUT2D eigenvalue weighted by atomic mass is 28.2. The van der Waals surface area contributed by atoms with Crippen LogP contribution in [-0.4, -0.2) is 46.0 Å². The van der Waals surface area contributed by atoms with E-state index < -0.39 is 9.52 Å². The Hall–Kier alpha value is 0.0569. The minimum atomic E-state index is -0.737. The lowest BCUT2D eigenvalue weighted by atomic mass is 10.3. The molecule has 0 aliphatic heterocycles. The molecule has 0 aromatic rings. The Morgan fingerprint density at radius 2 is 1.86 bits per heavy atom. The standard InChI is InChI=1S/C9H23NO3Si/c1-3-12-9(13-4-2)14-8(11)6-5-7-10/h8-9,11H,3-7,10,14H2,1-2H3. The second-order valence-corrected chi connectivity index (χ2v) is 5.24. The number of ether oxygens (including phenoxy) is 2. The van der Waals surface area contributed by atoms with E-state index in [1.807, 2.05) is 13.8 Å². The smallest absolute Gasteiger partial charge is 0.137 e. The zero-order chi connectivity index (χ0) is 10.8. The van der Waals surface area contributed by atoms with E-state index in [1.165, 1.54) is 0 Å². The molecule has 4 nitrogen and oxygen atoms in total. The summed E-state index contributed by atoms with van der Waals surface area (Å²) in [6.45, 7) is 5.79. The maximum absolute atomic E-state index is 9.65. The first-order chi connectivity index (χ1) is 6.74. The van der Waals surface area contributed by atoms with Gasteiger partial charge in [-0.3, -0.25) is 0 Å². The van der Waals surface area contributed by atoms with Gasteiger partial charge in [0.05, 0.1) is 0 Å². The van der Waals surface area contributed by atoms with Crippen molar-refractivity contribution < 1.29 is 14.6 Å². The average Bonchev–Trinajstić information content (AvgIpc) is 2.15. The van der Waals surface area contributed by atoms with Crippen molar-refractivity contribution in [3.8, 4) is 0 Å². The lowest BCUT2D eigenvalue weighted by Crippen LogP contribution is -2.33. The minimum Gasteiger partial charge on any atom is -0.397 e. The second-order valence-electron chi connectivity index (χ2n) is 3.16. The number of aliphatic hydroxyl groups is 1. The van der Waals surface area contributed by atoms with Gasteiger partial charge in [-0.1, -0.05) is 0 Å². The van der Waals surface area contributed by atoms with Crippen LogP contribution in [0.25, 0.3) is 0 Å². The number of nitrogens with two attached hydrogens (primary N) is 1. The van der Waals surface area contributed by atoms with Gasteiger partial charge in [0.1, 0.15) is 15.4 Å². The highest BCUT2D eigenvalue weighted by Crippen LogP contribution is 2.00. The van der Waals surface area contributed by atoms with Gasteiger partial charge in [-0.25, -0.2) is 0 Å². The van der Waals surface area contributed by atoms with Gasteiger partial charge in [-0.2, -0.15) is 0 Å². The van der Waals surface area contributed by atoms with Crippen LogP contribution in [0.15, 0.2) is 0 Å². The molecule has 0 amide bonds. The van der Waals surface area contributed by atoms with Gasteiger partial charge in [0.15, 0.2) is 0 Å². The van der Waals surface area contributed by atoms with Crippen molar-refractivity contribution in [2.24, 2.45) is 5.73 Å². The third-order valence-electron chi connectivity index (χ3n) is 1.91. The fourth-order valence-corrected chi connectivity index (χ4v) is 2.96. The first kappa shape index (κ1) is 14.1. The predicted molar refractivity (Wildman–Crippen MR) is 59.9 cm³/mol. The predicted octanol–water partition coefficient (Wildman–Crippen LogP) is -0.431. The molecule has 0 aliphatic carbocycles. The summed E-state index contributed by atoms with van der Waals surface area (Å²) >= 11 is 0. The molecule has 0 bridgehead atoms. The van der Waals surface area contributed by atoms with Crippen molar-refractivity contribution in [1.29, 1.82) is 0 Å². The van der Waals surface area contributed by atoms with Crippen molar-refractivity contribution in [1.82, 2.24) is 0 Å². The highest BCUT2D eigenvalue weighted by Gasteiger charge is 2.15. The van der Waals surface area contributed by atoms with Crippen LogP contribution in [0.1, 0.15) is 26.7 Å². The molecule has 3 N–H and O–H groups in total. The van der Waals surface area contributed by atoms with Crippen LogP contribution in [0.4, 0.5) is 0 Å². The summed E-state index contributed by atoms with van der Waals surface area (Å²) < 4.78 is 10.8. The van der Waals surface area contributed by atoms with Crippen LogP contribution in [-0.2, 0) is 9.47 Å². The Morgan fingerprint density at radius 3 is 2.29 bits per heavy atom. The zero-order valence-electron chi connectivity index (χ0n) is 9.24. The van der Waals surface area contributed by atoms with Gasteiger partial charge >= 0.3 is 0 Å². The molecule has 5 heteroatoms. The Balaban J connectivity index is 3.64. The molecule has 0 aromatic carbocycles. The molecule has 0 heterocycles. The van der Waals surface area contributed by atoms with E-state index in [1.54, 1.807) is 0 Å². The van der Waals surface area contributed by atoms with E-state index in [0.29, 0.717) is 19.8 Å². The summed E-state index contributed by atoms with van der Waals surface area (Å²) in [5.41, 5.74) is 5.13. The maximum Gasteiger partial charge on any atom is 0.137 e. The zero-order valence-corrected chi connectivity index (χ0v) is 10.7. The van der Waals surface area contributed by atoms with Gasteiger partial charge < -0.3 is 20.3 Å². The van der Waals surface area contributed by atoms with Crippen molar-refractivity contribution in [3.63, 3.8) is 0 Å². The van der Waals surface area contributed by atoms with Gasteiger partial charge in [0.2, 0.25) is 0 Å². The third-order valence-corrected chi connectivity index (χ3v) is 3.72. The molecule has 0 rings (SSSR count). The molecule has 1 unspecified atom stereocenters. The summed E-state index contributed by atoms with van der Waals surface area (Å²) in [5, 5.41) is 9.65. The number of aliphatic hydroxyl groups excluding tert-OH is 1. The van der Waals surface area contributed by atoms with Crippen molar-refractivity contribution >= 4 is 9.52 Å². The van der Waals surface area contributed by atoms with Crippen LogP contribution >= 0.6 is 0 Å². The summed E-state index contributed by atoms with van der Waals surface area (Å²) in [6, 6.07) is 0. The first-order valence-corrected chi connectivity index (χ1v) is 6.99. The van der Waals surface area contributed by atoms with Gasteiger partial charge in [-0.05, 0) is 33.2 Å². The fraction of sp³-hybridized carbons (Fsp3) is 1.00. The number of hydrogen-bond donors (Lipinski definition) is 2. The second kappa shape index (κ2) is 9.61. The average molecular weight is 221 g/mol. The largest absolute Gasteiger partial charge is 0.397 e. The molecule has 1 atom stereocenters. The van der Waals surface area contributed by atoms with Gasteiger partial charge in [-0.15, -0.1) is 0 Å². The topological polar surface area (TPSA) is 64.7 Å². The first-order valence-electron chi connectivity index (χ1n) is 5.35. The molecule has 0 saturated carbocycles. The van der Waals surface area contributed by atoms with Crippen LogP contribution < -0.4 is 5.73 Å². The lowest BCUT2D eigenvalue weighted by molar-refractivity contribution is -0.0853. The van der Waals surface area contributed by atoms with Crippen LogP contribution in [0, 0.1) is 0 Å². The monoisotopic (exact) mass is 221 g/mol. The normalized spacial score (nSPS) is 14.4. The van der Waals surface area contributed by atoms with Crippen molar-refractivity contribution in [2.45, 2.75) is 38.3 Å². The molecule has 0 saturated heterocycles. The Bertz CT molecular complexity index is 121. The SMILES string of the molecule is CCOC(OCC)[SiH2]C(O)CCCN. The lowest BCUT2D eigenvalue weighted by Gasteiger charge is -2.19. The van der Waals surface area contributed by atoms with Crippen LogP contribution in [0.2, 0.25) is 0 Å². The quantitative estimate of drug-likeness (QED) is 0.410. The number of rotatable bonds is 9. The molecular formula is C9H23NO3Si. The van der Waals surface area contributed by atoms with Crippen molar-refractivity contribution in [2.75, 3.05) is 19.8 Å². The highest BCUT2D eigenvalue weighted by molar-refractivity contribution is 6.38. The Labute approximate surface area is 88.6 Å². The molecule has 0 aliphatic rings. The van der Waals surface area contributed by atoms with E-state index in [4.69, 9.17) is 15.2 Å². The van der Waals surface area contributed by atoms with Gasteiger partial charge in [0.25, 0.3) is 0 Å². The Kier molecular flexibility index (Phi) is 9.64. The molecule has 0 radical (unpaired) electrons. The molecule has 14 heavy (non-hydrogen) atoms. The summed E-state index contributed by atoms with van der Waals surface area (Å²) in [7, 11) is -0.737. The van der Waals surface area contributed by atoms with Crippen LogP contribution in [0.3, 0.4) is 0 Å². The van der Waals surface area contributed by atoms with E-state index >= 15 is 0 Å². The minimum absolute atomic E-state index is 0.141. The molecule has 0 aromatic heterocycles. The molecule has 86 valence electrons. The Morgan fingerprint density at radius 1 is 1.29 bits per heavy atom. The van der Waals surface area contributed by atoms with E-state index in [-0.39, 0.29) is 11.6 Å². The third kappa shape index (κ3) is 7.46. The fourth-order valence-electron chi connectivity index (χ4n) is 1.25. The van der Waals surface area contributed by atoms with Gasteiger partial charge in [0, 0.05) is 18.9 Å². The summed E-state index contributed by atoms with van der Waals surface area (Å²) in [6.07, 6.45) is 1.65. The molecule has 0 fully saturated rings. The molecule has 0 spiro atoms. The summed E-state index contributed by atoms with van der Waals surface area (Å²) in [4.78, 5) is 0. The van der Waals surface area contributed by atoms with Crippen molar-refractivity contribution in [3.05, 3.63) is 0 Å². The number of hydrogen-bond acceptors (Lipinski definition) is 4. The van der Waals surface area contributed by atoms with E-state index in [0.717, 1.165) is 12.8 Å². The summed E-state index contributed by atoms with van der Waals surface area (Å²) in [5.74, 6) is -0.141. The van der Waals surface area contributed by atoms with E-state index in [9.17, 15) is 5.11 Å². The van der Waals surface area contributed by atoms with Crippen LogP contribution in [0.5, 0.6) is 0 Å². The van der Waals surface area contributed by atoms with E-state index in [2.05, 4.69) is 0 Å². The maximum atomic E-state index is 9.65. The molecular weight excluding hydrogens is 198 g/mol.